The zero-order chi connectivity index (χ0) is 32.2. The Morgan fingerprint density at radius 1 is 0.773 bits per heavy atom. The number of ketones is 1. The van der Waals surface area contributed by atoms with E-state index in [1.165, 1.54) is 76.0 Å². The van der Waals surface area contributed by atoms with Crippen LogP contribution in [0.3, 0.4) is 0 Å². The van der Waals surface area contributed by atoms with Gasteiger partial charge in [0.05, 0.1) is 30.5 Å². The molecule has 5 N–H and O–H groups in total. The number of esters is 1. The molecule has 250 valence electrons. The van der Waals surface area contributed by atoms with Gasteiger partial charge in [-0.1, -0.05) is 94.2 Å². The SMILES string of the molecule is CC(=O)OC(CC(O)CCCCCCCCCCCCc1ccccc1)CC(O)CC(O)CC(O)CC1CC(=O)C=CC1O. The molecular formula is C36H58O8. The Morgan fingerprint density at radius 2 is 1.32 bits per heavy atom. The van der Waals surface area contributed by atoms with Gasteiger partial charge in [0, 0.05) is 26.2 Å². The zero-order valence-corrected chi connectivity index (χ0v) is 26.8. The molecule has 0 aromatic heterocycles. The maximum Gasteiger partial charge on any atom is 0.302 e. The molecule has 7 atom stereocenters. The first kappa shape index (κ1) is 38.1. The lowest BCUT2D eigenvalue weighted by Gasteiger charge is -2.27. The molecule has 8 heteroatoms. The normalized spacial score (nSPS) is 20.2. The van der Waals surface area contributed by atoms with E-state index in [2.05, 4.69) is 30.3 Å². The Kier molecular flexibility index (Phi) is 19.4. The van der Waals surface area contributed by atoms with E-state index >= 15 is 0 Å². The van der Waals surface area contributed by atoms with Gasteiger partial charge in [-0.25, -0.2) is 0 Å². The number of carbonyl (C=O) groups is 2. The van der Waals surface area contributed by atoms with E-state index in [0.717, 1.165) is 19.3 Å². The number of aryl methyl sites for hydroxylation is 1. The third-order valence-electron chi connectivity index (χ3n) is 8.59. The molecular weight excluding hydrogens is 560 g/mol. The Balaban J connectivity index is 1.53. The number of unbranched alkanes of at least 4 members (excludes halogenated alkanes) is 9. The monoisotopic (exact) mass is 618 g/mol. The third kappa shape index (κ3) is 18.0. The summed E-state index contributed by atoms with van der Waals surface area (Å²) in [5.41, 5.74) is 1.42. The molecule has 8 nitrogen and oxygen atoms in total. The number of carbonyl (C=O) groups excluding carboxylic acids is 2. The maximum atomic E-state index is 11.6. The van der Waals surface area contributed by atoms with Gasteiger partial charge in [-0.05, 0) is 56.1 Å². The topological polar surface area (TPSA) is 145 Å². The zero-order valence-electron chi connectivity index (χ0n) is 26.8. The van der Waals surface area contributed by atoms with Crippen molar-refractivity contribution in [2.45, 2.75) is 159 Å². The van der Waals surface area contributed by atoms with E-state index in [9.17, 15) is 35.1 Å². The standard InChI is InChI=1S/C36H58O8/c1-27(37)44-35(26-34(42)24-33(41)23-32(40)22-29-21-31(39)19-20-36(29)43)25-30(38)18-14-9-7-5-3-2-4-6-8-11-15-28-16-12-10-13-17-28/h10,12-13,16-17,19-20,29-30,32-36,38,40-43H,2-9,11,14-15,18,21-26H2,1H3. The molecule has 0 radical (unpaired) electrons. The molecule has 44 heavy (non-hydrogen) atoms. The number of ether oxygens (including phenoxy) is 1. The summed E-state index contributed by atoms with van der Waals surface area (Å²) < 4.78 is 5.35. The van der Waals surface area contributed by atoms with Gasteiger partial charge in [0.2, 0.25) is 0 Å². The van der Waals surface area contributed by atoms with Crippen LogP contribution in [-0.2, 0) is 20.7 Å². The highest BCUT2D eigenvalue weighted by Crippen LogP contribution is 2.25. The average Bonchev–Trinajstić information content (AvgIpc) is 2.95. The fourth-order valence-corrected chi connectivity index (χ4v) is 6.22. The van der Waals surface area contributed by atoms with E-state index in [1.807, 2.05) is 0 Å². The van der Waals surface area contributed by atoms with Gasteiger partial charge in [-0.15, -0.1) is 0 Å². The van der Waals surface area contributed by atoms with Crippen molar-refractivity contribution in [3.05, 3.63) is 48.0 Å². The first-order chi connectivity index (χ1) is 21.1. The number of hydrogen-bond acceptors (Lipinski definition) is 8. The molecule has 1 aliphatic rings. The molecule has 0 amide bonds. The molecule has 0 spiro atoms. The summed E-state index contributed by atoms with van der Waals surface area (Å²) in [5.74, 6) is -0.995. The molecule has 0 saturated carbocycles. The quantitative estimate of drug-likeness (QED) is 0.0770. The predicted molar refractivity (Wildman–Crippen MR) is 172 cm³/mol. The van der Waals surface area contributed by atoms with Gasteiger partial charge >= 0.3 is 5.97 Å². The van der Waals surface area contributed by atoms with Crippen molar-refractivity contribution in [2.75, 3.05) is 0 Å². The summed E-state index contributed by atoms with van der Waals surface area (Å²) in [6, 6.07) is 10.7. The van der Waals surface area contributed by atoms with Gasteiger partial charge in [0.1, 0.15) is 6.10 Å². The summed E-state index contributed by atoms with van der Waals surface area (Å²) in [5, 5.41) is 51.9. The molecule has 0 saturated heterocycles. The number of benzene rings is 1. The molecule has 0 fully saturated rings. The highest BCUT2D eigenvalue weighted by molar-refractivity contribution is 5.90. The van der Waals surface area contributed by atoms with Crippen molar-refractivity contribution < 1.29 is 39.9 Å². The van der Waals surface area contributed by atoms with Crippen molar-refractivity contribution in [3.8, 4) is 0 Å². The van der Waals surface area contributed by atoms with Crippen LogP contribution in [-0.4, -0.2) is 73.9 Å². The average molecular weight is 619 g/mol. The molecule has 2 rings (SSSR count). The largest absolute Gasteiger partial charge is 0.462 e. The number of aliphatic hydroxyl groups is 5. The second-order valence-corrected chi connectivity index (χ2v) is 12.9. The van der Waals surface area contributed by atoms with Crippen molar-refractivity contribution in [1.82, 2.24) is 0 Å². The summed E-state index contributed by atoms with van der Waals surface area (Å²) in [6.07, 6.45) is 12.0. The first-order valence-corrected chi connectivity index (χ1v) is 16.9. The van der Waals surface area contributed by atoms with Gasteiger partial charge < -0.3 is 30.3 Å². The summed E-state index contributed by atoms with van der Waals surface area (Å²) >= 11 is 0. The van der Waals surface area contributed by atoms with E-state index < -0.39 is 48.5 Å². The lowest BCUT2D eigenvalue weighted by molar-refractivity contribution is -0.149. The van der Waals surface area contributed by atoms with Crippen LogP contribution in [0.25, 0.3) is 0 Å². The molecule has 1 aromatic carbocycles. The van der Waals surface area contributed by atoms with Gasteiger partial charge in [-0.2, -0.15) is 0 Å². The molecule has 1 aromatic rings. The second kappa shape index (κ2) is 22.4. The van der Waals surface area contributed by atoms with Gasteiger partial charge in [0.25, 0.3) is 0 Å². The van der Waals surface area contributed by atoms with Crippen LogP contribution in [0.2, 0.25) is 0 Å². The highest BCUT2D eigenvalue weighted by Gasteiger charge is 2.28. The van der Waals surface area contributed by atoms with Crippen molar-refractivity contribution in [2.24, 2.45) is 5.92 Å². The Labute approximate surface area is 264 Å². The molecule has 7 unspecified atom stereocenters. The van der Waals surface area contributed by atoms with Crippen LogP contribution >= 0.6 is 0 Å². The fourth-order valence-electron chi connectivity index (χ4n) is 6.22. The van der Waals surface area contributed by atoms with Crippen molar-refractivity contribution in [3.63, 3.8) is 0 Å². The smallest absolute Gasteiger partial charge is 0.302 e. The Hall–Kier alpha value is -2.10. The number of allylic oxidation sites excluding steroid dienone is 1. The summed E-state index contributed by atoms with van der Waals surface area (Å²) in [6.45, 7) is 1.29. The fraction of sp³-hybridized carbons (Fsp3) is 0.722. The molecule has 1 aliphatic carbocycles. The lowest BCUT2D eigenvalue weighted by atomic mass is 9.85. The van der Waals surface area contributed by atoms with Gasteiger partial charge in [-0.3, -0.25) is 9.59 Å². The van der Waals surface area contributed by atoms with Crippen molar-refractivity contribution >= 4 is 11.8 Å². The number of hydrogen-bond donors (Lipinski definition) is 5. The predicted octanol–water partition coefficient (Wildman–Crippen LogP) is 5.35. The molecule has 0 aliphatic heterocycles. The summed E-state index contributed by atoms with van der Waals surface area (Å²) in [7, 11) is 0. The highest BCUT2D eigenvalue weighted by atomic mass is 16.5. The van der Waals surface area contributed by atoms with E-state index in [-0.39, 0.29) is 44.3 Å². The van der Waals surface area contributed by atoms with E-state index in [4.69, 9.17) is 4.74 Å². The van der Waals surface area contributed by atoms with Crippen LogP contribution in [0, 0.1) is 5.92 Å². The van der Waals surface area contributed by atoms with Crippen molar-refractivity contribution in [1.29, 1.82) is 0 Å². The van der Waals surface area contributed by atoms with Crippen LogP contribution in [0.4, 0.5) is 0 Å². The number of rotatable bonds is 24. The minimum Gasteiger partial charge on any atom is -0.462 e. The summed E-state index contributed by atoms with van der Waals surface area (Å²) in [4.78, 5) is 23.2. The van der Waals surface area contributed by atoms with Crippen LogP contribution in [0.15, 0.2) is 42.5 Å². The van der Waals surface area contributed by atoms with Crippen LogP contribution < -0.4 is 0 Å². The van der Waals surface area contributed by atoms with Crippen LogP contribution in [0.5, 0.6) is 0 Å². The van der Waals surface area contributed by atoms with E-state index in [1.54, 1.807) is 0 Å². The van der Waals surface area contributed by atoms with Crippen LogP contribution in [0.1, 0.15) is 122 Å². The Bertz CT molecular complexity index is 935. The van der Waals surface area contributed by atoms with Gasteiger partial charge in [0.15, 0.2) is 5.78 Å². The molecule has 0 heterocycles. The second-order valence-electron chi connectivity index (χ2n) is 12.9. The lowest BCUT2D eigenvalue weighted by Crippen LogP contribution is -2.32. The number of aliphatic hydroxyl groups excluding tert-OH is 5. The Morgan fingerprint density at radius 3 is 1.95 bits per heavy atom. The molecule has 0 bridgehead atoms. The first-order valence-electron chi connectivity index (χ1n) is 16.9. The third-order valence-corrected chi connectivity index (χ3v) is 8.59. The van der Waals surface area contributed by atoms with E-state index in [0.29, 0.717) is 6.42 Å². The maximum absolute atomic E-state index is 11.6. The minimum atomic E-state index is -1.01. The minimum absolute atomic E-state index is 0.00615.